The number of hydrogen-bond donors (Lipinski definition) is 1. The van der Waals surface area contributed by atoms with E-state index in [2.05, 4.69) is 4.74 Å². The van der Waals surface area contributed by atoms with Crippen molar-refractivity contribution in [1.29, 1.82) is 0 Å². The van der Waals surface area contributed by atoms with Crippen molar-refractivity contribution < 1.29 is 24.2 Å². The van der Waals surface area contributed by atoms with E-state index in [9.17, 15) is 14.7 Å². The fourth-order valence-electron chi connectivity index (χ4n) is 2.01. The number of amides is 1. The summed E-state index contributed by atoms with van der Waals surface area (Å²) in [5, 5.41) is 9.50. The van der Waals surface area contributed by atoms with Gasteiger partial charge in [-0.3, -0.25) is 9.59 Å². The van der Waals surface area contributed by atoms with E-state index in [0.29, 0.717) is 5.75 Å². The maximum Gasteiger partial charge on any atom is 0.307 e. The summed E-state index contributed by atoms with van der Waals surface area (Å²) in [6, 6.07) is 7.37. The van der Waals surface area contributed by atoms with Crippen LogP contribution < -0.4 is 4.74 Å². The molecule has 0 atom stereocenters. The van der Waals surface area contributed by atoms with Crippen LogP contribution >= 0.6 is 0 Å². The third kappa shape index (κ3) is 5.90. The Bertz CT molecular complexity index is 524. The lowest BCUT2D eigenvalue weighted by Crippen LogP contribution is -2.52. The number of aliphatic hydroxyl groups excluding tert-OH is 1. The highest BCUT2D eigenvalue weighted by molar-refractivity contribution is 5.79. The number of aliphatic hydroxyl groups is 1. The van der Waals surface area contributed by atoms with Crippen molar-refractivity contribution in [3.63, 3.8) is 0 Å². The molecule has 0 bridgehead atoms. The van der Waals surface area contributed by atoms with Crippen LogP contribution in [0.3, 0.4) is 0 Å². The summed E-state index contributed by atoms with van der Waals surface area (Å²) in [5.74, 6) is -0.108. The van der Waals surface area contributed by atoms with E-state index in [-0.39, 0.29) is 32.1 Å². The van der Waals surface area contributed by atoms with Crippen molar-refractivity contribution in [2.45, 2.75) is 32.7 Å². The van der Waals surface area contributed by atoms with Crippen LogP contribution in [0.5, 0.6) is 5.75 Å². The van der Waals surface area contributed by atoms with Gasteiger partial charge in [0.15, 0.2) is 6.61 Å². The van der Waals surface area contributed by atoms with Crippen molar-refractivity contribution in [3.8, 4) is 5.75 Å². The SMILES string of the molecule is COC(=O)CCN(C(=O)COc1ccc(C)cc1)C(C)(C)CO. The highest BCUT2D eigenvalue weighted by Gasteiger charge is 2.30. The van der Waals surface area contributed by atoms with Crippen LogP contribution in [0.4, 0.5) is 0 Å². The Hall–Kier alpha value is -2.08. The van der Waals surface area contributed by atoms with Crippen molar-refractivity contribution in [3.05, 3.63) is 29.8 Å². The number of rotatable bonds is 8. The second kappa shape index (κ2) is 8.53. The molecule has 0 spiro atoms. The molecular formula is C17H25NO5. The molecule has 1 amide bonds. The average Bonchev–Trinajstić information content (AvgIpc) is 2.54. The van der Waals surface area contributed by atoms with Gasteiger partial charge in [0.25, 0.3) is 5.91 Å². The lowest BCUT2D eigenvalue weighted by atomic mass is 10.0. The summed E-state index contributed by atoms with van der Waals surface area (Å²) < 4.78 is 10.1. The van der Waals surface area contributed by atoms with Crippen molar-refractivity contribution >= 4 is 11.9 Å². The molecule has 1 aromatic rings. The van der Waals surface area contributed by atoms with E-state index in [1.165, 1.54) is 12.0 Å². The minimum absolute atomic E-state index is 0.0657. The predicted octanol–water partition coefficient (Wildman–Crippen LogP) is 1.54. The van der Waals surface area contributed by atoms with E-state index in [4.69, 9.17) is 4.74 Å². The molecule has 0 fully saturated rings. The van der Waals surface area contributed by atoms with Gasteiger partial charge in [-0.1, -0.05) is 17.7 Å². The first kappa shape index (κ1) is 19.0. The molecule has 0 saturated carbocycles. The molecule has 6 heteroatoms. The van der Waals surface area contributed by atoms with Gasteiger partial charge in [0.2, 0.25) is 0 Å². The molecule has 0 aromatic heterocycles. The smallest absolute Gasteiger partial charge is 0.307 e. The summed E-state index contributed by atoms with van der Waals surface area (Å²) in [6.45, 7) is 5.21. The standard InChI is InChI=1S/C17H25NO5/c1-13-5-7-14(8-6-13)23-11-15(20)18(17(2,3)12-19)10-9-16(21)22-4/h5-8,19H,9-12H2,1-4H3. The maximum absolute atomic E-state index is 12.4. The zero-order chi connectivity index (χ0) is 17.5. The largest absolute Gasteiger partial charge is 0.484 e. The Morgan fingerprint density at radius 2 is 1.83 bits per heavy atom. The van der Waals surface area contributed by atoms with Crippen LogP contribution in [0.25, 0.3) is 0 Å². The van der Waals surface area contributed by atoms with E-state index in [0.717, 1.165) is 5.56 Å². The van der Waals surface area contributed by atoms with Crippen LogP contribution in [0.1, 0.15) is 25.8 Å². The Labute approximate surface area is 137 Å². The summed E-state index contributed by atoms with van der Waals surface area (Å²) in [7, 11) is 1.30. The van der Waals surface area contributed by atoms with Crippen LogP contribution in [0.15, 0.2) is 24.3 Å². The van der Waals surface area contributed by atoms with Crippen LogP contribution in [0.2, 0.25) is 0 Å². The fraction of sp³-hybridized carbons (Fsp3) is 0.529. The highest BCUT2D eigenvalue weighted by Crippen LogP contribution is 2.16. The second-order valence-electron chi connectivity index (χ2n) is 5.94. The Morgan fingerprint density at radius 1 is 1.22 bits per heavy atom. The van der Waals surface area contributed by atoms with Crippen molar-refractivity contribution in [1.82, 2.24) is 4.90 Å². The Morgan fingerprint density at radius 3 is 2.35 bits per heavy atom. The highest BCUT2D eigenvalue weighted by atomic mass is 16.5. The van der Waals surface area contributed by atoms with Gasteiger partial charge in [0.1, 0.15) is 5.75 Å². The Balaban J connectivity index is 2.70. The number of esters is 1. The number of carbonyl (C=O) groups is 2. The molecule has 6 nitrogen and oxygen atoms in total. The van der Waals surface area contributed by atoms with Gasteiger partial charge in [-0.15, -0.1) is 0 Å². The normalized spacial score (nSPS) is 11.0. The average molecular weight is 323 g/mol. The van der Waals surface area contributed by atoms with Crippen molar-refractivity contribution in [2.24, 2.45) is 0 Å². The molecular weight excluding hydrogens is 298 g/mol. The van der Waals surface area contributed by atoms with Crippen LogP contribution in [-0.2, 0) is 14.3 Å². The van der Waals surface area contributed by atoms with E-state index >= 15 is 0 Å². The number of benzene rings is 1. The molecule has 1 aromatic carbocycles. The number of carbonyl (C=O) groups excluding carboxylic acids is 2. The molecule has 0 heterocycles. The minimum atomic E-state index is -0.790. The lowest BCUT2D eigenvalue weighted by molar-refractivity contribution is -0.145. The summed E-state index contributed by atoms with van der Waals surface area (Å²) in [6.07, 6.45) is 0.0657. The molecule has 1 N–H and O–H groups in total. The van der Waals surface area contributed by atoms with Gasteiger partial charge in [-0.2, -0.15) is 0 Å². The van der Waals surface area contributed by atoms with Gasteiger partial charge < -0.3 is 19.5 Å². The molecule has 0 radical (unpaired) electrons. The zero-order valence-corrected chi connectivity index (χ0v) is 14.2. The maximum atomic E-state index is 12.4. The molecule has 0 aliphatic heterocycles. The zero-order valence-electron chi connectivity index (χ0n) is 14.2. The first-order chi connectivity index (χ1) is 10.8. The number of ether oxygens (including phenoxy) is 2. The summed E-state index contributed by atoms with van der Waals surface area (Å²) >= 11 is 0. The third-order valence-electron chi connectivity index (χ3n) is 3.57. The van der Waals surface area contributed by atoms with E-state index < -0.39 is 11.5 Å². The molecule has 0 saturated heterocycles. The lowest BCUT2D eigenvalue weighted by Gasteiger charge is -2.37. The second-order valence-corrected chi connectivity index (χ2v) is 5.94. The molecule has 0 unspecified atom stereocenters. The summed E-state index contributed by atoms with van der Waals surface area (Å²) in [4.78, 5) is 25.2. The number of aryl methyl sites for hydroxylation is 1. The van der Waals surface area contributed by atoms with Gasteiger partial charge in [0.05, 0.1) is 25.7 Å². The van der Waals surface area contributed by atoms with E-state index in [1.807, 2.05) is 19.1 Å². The molecule has 1 rings (SSSR count). The van der Waals surface area contributed by atoms with Gasteiger partial charge >= 0.3 is 5.97 Å². The first-order valence-corrected chi connectivity index (χ1v) is 7.48. The number of hydrogen-bond acceptors (Lipinski definition) is 5. The molecule has 0 aliphatic carbocycles. The third-order valence-corrected chi connectivity index (χ3v) is 3.57. The monoisotopic (exact) mass is 323 g/mol. The van der Waals surface area contributed by atoms with Crippen LogP contribution in [0, 0.1) is 6.92 Å². The number of methoxy groups -OCH3 is 1. The van der Waals surface area contributed by atoms with Gasteiger partial charge in [-0.25, -0.2) is 0 Å². The summed E-state index contributed by atoms with van der Waals surface area (Å²) in [5.41, 5.74) is 0.312. The topological polar surface area (TPSA) is 76.1 Å². The fourth-order valence-corrected chi connectivity index (χ4v) is 2.01. The minimum Gasteiger partial charge on any atom is -0.484 e. The van der Waals surface area contributed by atoms with Gasteiger partial charge in [0, 0.05) is 6.54 Å². The quantitative estimate of drug-likeness (QED) is 0.734. The van der Waals surface area contributed by atoms with Crippen LogP contribution in [-0.4, -0.2) is 54.3 Å². The Kier molecular flexibility index (Phi) is 7.03. The van der Waals surface area contributed by atoms with Gasteiger partial charge in [-0.05, 0) is 32.9 Å². The van der Waals surface area contributed by atoms with E-state index in [1.54, 1.807) is 26.0 Å². The first-order valence-electron chi connectivity index (χ1n) is 7.48. The molecule has 0 aliphatic rings. The number of nitrogens with zero attached hydrogens (tertiary/aromatic N) is 1. The van der Waals surface area contributed by atoms with Crippen molar-refractivity contribution in [2.75, 3.05) is 26.9 Å². The molecule has 128 valence electrons. The predicted molar refractivity (Wildman–Crippen MR) is 86.2 cm³/mol. The molecule has 23 heavy (non-hydrogen) atoms.